The summed E-state index contributed by atoms with van der Waals surface area (Å²) in [5.41, 5.74) is 5.17. The van der Waals surface area contributed by atoms with E-state index < -0.39 is 0 Å². The Hall–Kier alpha value is -1.40. The van der Waals surface area contributed by atoms with Crippen molar-refractivity contribution in [1.82, 2.24) is 9.80 Å². The first-order valence-corrected chi connectivity index (χ1v) is 7.84. The zero-order chi connectivity index (χ0) is 14.4. The van der Waals surface area contributed by atoms with Crippen LogP contribution in [0.2, 0.25) is 0 Å². The van der Waals surface area contributed by atoms with Gasteiger partial charge < -0.3 is 10.6 Å². The van der Waals surface area contributed by atoms with Gasteiger partial charge >= 0.3 is 0 Å². The van der Waals surface area contributed by atoms with E-state index in [9.17, 15) is 9.59 Å². The lowest BCUT2D eigenvalue weighted by Gasteiger charge is -2.34. The van der Waals surface area contributed by atoms with Gasteiger partial charge in [0.15, 0.2) is 0 Å². The van der Waals surface area contributed by atoms with Crippen LogP contribution in [0, 0.1) is 0 Å². The summed E-state index contributed by atoms with van der Waals surface area (Å²) in [7, 11) is 0. The molecule has 1 aromatic rings. The molecular weight excluding hydrogens is 274 g/mol. The van der Waals surface area contributed by atoms with Crippen LogP contribution in [-0.4, -0.2) is 54.3 Å². The number of thiophene rings is 1. The number of rotatable bonds is 6. The lowest BCUT2D eigenvalue weighted by atomic mass is 10.2. The highest BCUT2D eigenvalue weighted by atomic mass is 32.1. The van der Waals surface area contributed by atoms with E-state index in [4.69, 9.17) is 5.73 Å². The molecule has 0 aromatic carbocycles. The molecule has 1 aromatic heterocycles. The van der Waals surface area contributed by atoms with Crippen molar-refractivity contribution in [2.75, 3.05) is 32.7 Å². The predicted molar refractivity (Wildman–Crippen MR) is 79.5 cm³/mol. The molecule has 2 amide bonds. The van der Waals surface area contributed by atoms with Crippen LogP contribution in [0.3, 0.4) is 0 Å². The standard InChI is InChI=1S/C14H21N3O2S/c15-13(18)11-16-6-8-17(9-7-16)14(19)5-1-3-12-4-2-10-20-12/h2,4,10H,1,3,5-9,11H2,(H2,15,18). The molecule has 0 spiro atoms. The summed E-state index contributed by atoms with van der Waals surface area (Å²) in [5.74, 6) is -0.0824. The van der Waals surface area contributed by atoms with Crippen molar-refractivity contribution in [3.63, 3.8) is 0 Å². The number of hydrogen-bond acceptors (Lipinski definition) is 4. The number of aryl methyl sites for hydroxylation is 1. The minimum absolute atomic E-state index is 0.222. The first-order valence-electron chi connectivity index (χ1n) is 6.96. The van der Waals surface area contributed by atoms with Crippen LogP contribution in [0.5, 0.6) is 0 Å². The summed E-state index contributed by atoms with van der Waals surface area (Å²) in [6.07, 6.45) is 2.49. The topological polar surface area (TPSA) is 66.6 Å². The molecule has 20 heavy (non-hydrogen) atoms. The van der Waals surface area contributed by atoms with Crippen molar-refractivity contribution in [2.24, 2.45) is 5.73 Å². The molecule has 0 radical (unpaired) electrons. The van der Waals surface area contributed by atoms with Gasteiger partial charge in [0.25, 0.3) is 0 Å². The molecule has 1 saturated heterocycles. The highest BCUT2D eigenvalue weighted by Gasteiger charge is 2.21. The average molecular weight is 295 g/mol. The van der Waals surface area contributed by atoms with E-state index in [1.807, 2.05) is 15.9 Å². The Morgan fingerprint density at radius 2 is 2.00 bits per heavy atom. The van der Waals surface area contributed by atoms with Crippen molar-refractivity contribution < 1.29 is 9.59 Å². The van der Waals surface area contributed by atoms with E-state index in [-0.39, 0.29) is 11.8 Å². The number of piperazine rings is 1. The van der Waals surface area contributed by atoms with Gasteiger partial charge in [-0.1, -0.05) is 6.07 Å². The number of amides is 2. The minimum Gasteiger partial charge on any atom is -0.369 e. The molecule has 5 nitrogen and oxygen atoms in total. The van der Waals surface area contributed by atoms with Gasteiger partial charge in [0.1, 0.15) is 0 Å². The Labute approximate surface area is 123 Å². The molecule has 0 saturated carbocycles. The zero-order valence-electron chi connectivity index (χ0n) is 11.6. The Kier molecular flexibility index (Phi) is 5.55. The molecule has 110 valence electrons. The van der Waals surface area contributed by atoms with Gasteiger partial charge in [0.05, 0.1) is 6.54 Å². The van der Waals surface area contributed by atoms with Crippen LogP contribution >= 0.6 is 11.3 Å². The Morgan fingerprint density at radius 1 is 1.25 bits per heavy atom. The van der Waals surface area contributed by atoms with Crippen molar-refractivity contribution in [3.8, 4) is 0 Å². The second kappa shape index (κ2) is 7.40. The van der Waals surface area contributed by atoms with Gasteiger partial charge in [-0.05, 0) is 24.3 Å². The van der Waals surface area contributed by atoms with Crippen LogP contribution < -0.4 is 5.73 Å². The lowest BCUT2D eigenvalue weighted by Crippen LogP contribution is -2.50. The summed E-state index contributed by atoms with van der Waals surface area (Å²) in [4.78, 5) is 28.1. The second-order valence-corrected chi connectivity index (χ2v) is 6.09. The first-order chi connectivity index (χ1) is 9.65. The molecule has 1 aliphatic rings. The van der Waals surface area contributed by atoms with Crippen LogP contribution in [0.25, 0.3) is 0 Å². The number of nitrogens with two attached hydrogens (primary N) is 1. The lowest BCUT2D eigenvalue weighted by molar-refractivity contribution is -0.133. The van der Waals surface area contributed by atoms with E-state index >= 15 is 0 Å². The van der Waals surface area contributed by atoms with Gasteiger partial charge in [-0.25, -0.2) is 0 Å². The molecule has 0 bridgehead atoms. The van der Waals surface area contributed by atoms with Crippen LogP contribution in [-0.2, 0) is 16.0 Å². The molecule has 0 atom stereocenters. The third-order valence-electron chi connectivity index (χ3n) is 3.50. The second-order valence-electron chi connectivity index (χ2n) is 5.06. The summed E-state index contributed by atoms with van der Waals surface area (Å²) in [6.45, 7) is 3.16. The molecular formula is C14H21N3O2S. The molecule has 0 unspecified atom stereocenters. The van der Waals surface area contributed by atoms with Crippen molar-refractivity contribution in [1.29, 1.82) is 0 Å². The molecule has 2 heterocycles. The summed E-state index contributed by atoms with van der Waals surface area (Å²) in [5, 5.41) is 2.06. The Morgan fingerprint density at radius 3 is 2.60 bits per heavy atom. The molecule has 6 heteroatoms. The number of primary amides is 1. The summed E-state index contributed by atoms with van der Waals surface area (Å²) >= 11 is 1.74. The molecule has 2 N–H and O–H groups in total. The highest BCUT2D eigenvalue weighted by Crippen LogP contribution is 2.13. The van der Waals surface area contributed by atoms with E-state index in [1.54, 1.807) is 11.3 Å². The van der Waals surface area contributed by atoms with Gasteiger partial charge in [0, 0.05) is 37.5 Å². The van der Waals surface area contributed by atoms with Gasteiger partial charge in [0.2, 0.25) is 11.8 Å². The third-order valence-corrected chi connectivity index (χ3v) is 4.43. The van der Waals surface area contributed by atoms with Crippen molar-refractivity contribution in [2.45, 2.75) is 19.3 Å². The number of carbonyl (C=O) groups is 2. The number of nitrogens with zero attached hydrogens (tertiary/aromatic N) is 2. The summed E-state index contributed by atoms with van der Waals surface area (Å²) in [6, 6.07) is 4.15. The van der Waals surface area contributed by atoms with Gasteiger partial charge in [-0.3, -0.25) is 14.5 Å². The Balaban J connectivity index is 1.65. The van der Waals surface area contributed by atoms with Crippen LogP contribution in [0.15, 0.2) is 17.5 Å². The van der Waals surface area contributed by atoms with E-state index in [0.717, 1.165) is 25.9 Å². The maximum Gasteiger partial charge on any atom is 0.231 e. The molecule has 1 aliphatic heterocycles. The fraction of sp³-hybridized carbons (Fsp3) is 0.571. The van der Waals surface area contributed by atoms with E-state index in [0.29, 0.717) is 26.1 Å². The first kappa shape index (κ1) is 15.0. The van der Waals surface area contributed by atoms with Crippen LogP contribution in [0.1, 0.15) is 17.7 Å². The van der Waals surface area contributed by atoms with E-state index in [2.05, 4.69) is 11.4 Å². The number of carbonyl (C=O) groups excluding carboxylic acids is 2. The highest BCUT2D eigenvalue weighted by molar-refractivity contribution is 7.09. The quantitative estimate of drug-likeness (QED) is 0.840. The Bertz CT molecular complexity index is 439. The maximum absolute atomic E-state index is 12.1. The SMILES string of the molecule is NC(=O)CN1CCN(C(=O)CCCc2cccs2)CC1. The van der Waals surface area contributed by atoms with Gasteiger partial charge in [-0.15, -0.1) is 11.3 Å². The maximum atomic E-state index is 12.1. The monoisotopic (exact) mass is 295 g/mol. The zero-order valence-corrected chi connectivity index (χ0v) is 12.4. The normalized spacial score (nSPS) is 16.3. The fourth-order valence-corrected chi connectivity index (χ4v) is 3.15. The third kappa shape index (κ3) is 4.61. The summed E-state index contributed by atoms with van der Waals surface area (Å²) < 4.78 is 0. The smallest absolute Gasteiger partial charge is 0.231 e. The van der Waals surface area contributed by atoms with Crippen LogP contribution in [0.4, 0.5) is 0 Å². The van der Waals surface area contributed by atoms with Crippen molar-refractivity contribution in [3.05, 3.63) is 22.4 Å². The molecule has 2 rings (SSSR count). The van der Waals surface area contributed by atoms with Gasteiger partial charge in [-0.2, -0.15) is 0 Å². The average Bonchev–Trinajstić information content (AvgIpc) is 2.92. The predicted octanol–water partition coefficient (Wildman–Crippen LogP) is 0.700. The molecule has 1 fully saturated rings. The molecule has 0 aliphatic carbocycles. The minimum atomic E-state index is -0.305. The largest absolute Gasteiger partial charge is 0.369 e. The fourth-order valence-electron chi connectivity index (χ4n) is 2.40. The van der Waals surface area contributed by atoms with Crippen molar-refractivity contribution >= 4 is 23.2 Å². The van der Waals surface area contributed by atoms with E-state index in [1.165, 1.54) is 4.88 Å². The number of hydrogen-bond donors (Lipinski definition) is 1.